The predicted octanol–water partition coefficient (Wildman–Crippen LogP) is 3.98. The van der Waals surface area contributed by atoms with E-state index in [1.165, 1.54) is 29.8 Å². The minimum Gasteiger partial charge on any atom is -0.372 e. The molecule has 0 aliphatic carbocycles. The summed E-state index contributed by atoms with van der Waals surface area (Å²) in [5.74, 6) is 0.0468. The number of aryl methyl sites for hydroxylation is 1. The quantitative estimate of drug-likeness (QED) is 0.907. The van der Waals surface area contributed by atoms with Crippen molar-refractivity contribution in [1.82, 2.24) is 0 Å². The highest BCUT2D eigenvalue weighted by atomic mass is 16.2. The highest BCUT2D eigenvalue weighted by molar-refractivity contribution is 5.95. The van der Waals surface area contributed by atoms with Crippen LogP contribution in [0.25, 0.3) is 0 Å². The molecular formula is C22H27N3O. The van der Waals surface area contributed by atoms with Crippen LogP contribution in [0.15, 0.2) is 42.5 Å². The molecule has 2 aromatic rings. The number of nitrogens with zero attached hydrogens (tertiary/aromatic N) is 2. The van der Waals surface area contributed by atoms with Gasteiger partial charge in [0.15, 0.2) is 0 Å². The average Bonchev–Trinajstić information content (AvgIpc) is 3.26. The summed E-state index contributed by atoms with van der Waals surface area (Å²) >= 11 is 0. The molecule has 0 saturated carbocycles. The normalized spacial score (nSPS) is 18.9. The predicted molar refractivity (Wildman–Crippen MR) is 108 cm³/mol. The summed E-state index contributed by atoms with van der Waals surface area (Å²) in [4.78, 5) is 17.3. The van der Waals surface area contributed by atoms with Crippen molar-refractivity contribution in [3.63, 3.8) is 0 Å². The van der Waals surface area contributed by atoms with E-state index in [2.05, 4.69) is 59.3 Å². The molecule has 2 heterocycles. The largest absolute Gasteiger partial charge is 0.372 e. The van der Waals surface area contributed by atoms with E-state index in [1.54, 1.807) is 0 Å². The molecule has 1 atom stereocenters. The summed E-state index contributed by atoms with van der Waals surface area (Å²) in [6, 6.07) is 15.1. The van der Waals surface area contributed by atoms with Crippen LogP contribution in [-0.4, -0.2) is 31.6 Å². The Kier molecular flexibility index (Phi) is 4.58. The van der Waals surface area contributed by atoms with Crippen LogP contribution in [-0.2, 0) is 11.2 Å². The van der Waals surface area contributed by atoms with Crippen molar-refractivity contribution >= 4 is 23.0 Å². The minimum absolute atomic E-state index is 0.0468. The minimum atomic E-state index is 0.0468. The molecule has 26 heavy (non-hydrogen) atoms. The van der Waals surface area contributed by atoms with E-state index in [4.69, 9.17) is 0 Å². The lowest BCUT2D eigenvalue weighted by Gasteiger charge is -2.24. The second-order valence-corrected chi connectivity index (χ2v) is 7.55. The van der Waals surface area contributed by atoms with Crippen LogP contribution in [0.2, 0.25) is 0 Å². The lowest BCUT2D eigenvalue weighted by Crippen LogP contribution is -2.37. The van der Waals surface area contributed by atoms with Gasteiger partial charge in [-0.1, -0.05) is 18.2 Å². The van der Waals surface area contributed by atoms with Crippen LogP contribution in [0.5, 0.6) is 0 Å². The monoisotopic (exact) mass is 349 g/mol. The van der Waals surface area contributed by atoms with Gasteiger partial charge in [-0.25, -0.2) is 0 Å². The van der Waals surface area contributed by atoms with Crippen molar-refractivity contribution in [1.29, 1.82) is 0 Å². The highest BCUT2D eigenvalue weighted by Gasteiger charge is 2.27. The van der Waals surface area contributed by atoms with Crippen molar-refractivity contribution in [2.45, 2.75) is 39.2 Å². The Balaban J connectivity index is 1.44. The number of nitrogens with one attached hydrogen (secondary N) is 1. The number of hydrogen-bond acceptors (Lipinski definition) is 3. The smallest absolute Gasteiger partial charge is 0.243 e. The third-order valence-corrected chi connectivity index (χ3v) is 5.62. The van der Waals surface area contributed by atoms with Crippen molar-refractivity contribution in [2.75, 3.05) is 34.8 Å². The lowest BCUT2D eigenvalue weighted by atomic mass is 10.1. The standard InChI is InChI=1S/C22H27N3O/c1-16-13-19(24-11-5-6-12-24)9-10-20(16)23-22(26)15-25-17(2)14-18-7-3-4-8-21(18)25/h3-4,7-10,13,17H,5-6,11-12,14-15H2,1-2H3,(H,23,26). The van der Waals surface area contributed by atoms with Gasteiger partial charge >= 0.3 is 0 Å². The maximum absolute atomic E-state index is 12.7. The first kappa shape index (κ1) is 17.0. The topological polar surface area (TPSA) is 35.6 Å². The first-order valence-electron chi connectivity index (χ1n) is 9.62. The Morgan fingerprint density at radius 2 is 1.92 bits per heavy atom. The molecule has 0 bridgehead atoms. The maximum atomic E-state index is 12.7. The van der Waals surface area contributed by atoms with E-state index in [0.29, 0.717) is 12.6 Å². The highest BCUT2D eigenvalue weighted by Crippen LogP contribution is 2.31. The SMILES string of the molecule is Cc1cc(N2CCCC2)ccc1NC(=O)CN1c2ccccc2CC1C. The van der Waals surface area contributed by atoms with E-state index in [-0.39, 0.29) is 5.91 Å². The number of hydrogen-bond donors (Lipinski definition) is 1. The van der Waals surface area contributed by atoms with Gasteiger partial charge in [0.05, 0.1) is 6.54 Å². The number of carbonyl (C=O) groups excluding carboxylic acids is 1. The Morgan fingerprint density at radius 3 is 2.69 bits per heavy atom. The molecule has 1 saturated heterocycles. The summed E-state index contributed by atoms with van der Waals surface area (Å²) in [5, 5.41) is 3.11. The number of rotatable bonds is 4. The van der Waals surface area contributed by atoms with Crippen LogP contribution in [0.4, 0.5) is 17.1 Å². The number of amides is 1. The van der Waals surface area contributed by atoms with E-state index >= 15 is 0 Å². The molecule has 0 radical (unpaired) electrons. The Bertz CT molecular complexity index is 811. The molecule has 2 aliphatic rings. The van der Waals surface area contributed by atoms with Gasteiger partial charge in [0.2, 0.25) is 5.91 Å². The second kappa shape index (κ2) is 7.02. The first-order chi connectivity index (χ1) is 12.6. The zero-order valence-corrected chi connectivity index (χ0v) is 15.7. The zero-order chi connectivity index (χ0) is 18.1. The van der Waals surface area contributed by atoms with Crippen molar-refractivity contribution < 1.29 is 4.79 Å². The summed E-state index contributed by atoms with van der Waals surface area (Å²) in [6.07, 6.45) is 3.55. The summed E-state index contributed by atoms with van der Waals surface area (Å²) < 4.78 is 0. The molecule has 2 aromatic carbocycles. The fourth-order valence-corrected chi connectivity index (χ4v) is 4.18. The van der Waals surface area contributed by atoms with Crippen molar-refractivity contribution in [2.24, 2.45) is 0 Å². The van der Waals surface area contributed by atoms with Gasteiger partial charge in [-0.2, -0.15) is 0 Å². The average molecular weight is 349 g/mol. The van der Waals surface area contributed by atoms with Gasteiger partial charge < -0.3 is 15.1 Å². The Morgan fingerprint density at radius 1 is 1.15 bits per heavy atom. The van der Waals surface area contributed by atoms with E-state index in [1.807, 2.05) is 12.1 Å². The number of anilines is 3. The lowest BCUT2D eigenvalue weighted by molar-refractivity contribution is -0.115. The van der Waals surface area contributed by atoms with Gasteiger partial charge in [-0.05, 0) is 68.5 Å². The second-order valence-electron chi connectivity index (χ2n) is 7.55. The van der Waals surface area contributed by atoms with E-state index in [0.717, 1.165) is 30.8 Å². The third-order valence-electron chi connectivity index (χ3n) is 5.62. The fraction of sp³-hybridized carbons (Fsp3) is 0.409. The molecule has 1 unspecified atom stereocenters. The van der Waals surface area contributed by atoms with Crippen LogP contribution in [0, 0.1) is 6.92 Å². The number of benzene rings is 2. The molecule has 136 valence electrons. The summed E-state index contributed by atoms with van der Waals surface area (Å²) in [5.41, 5.74) is 5.82. The Labute approximate surface area is 155 Å². The van der Waals surface area contributed by atoms with Crippen LogP contribution < -0.4 is 15.1 Å². The van der Waals surface area contributed by atoms with Crippen molar-refractivity contribution in [3.8, 4) is 0 Å². The molecular weight excluding hydrogens is 322 g/mol. The molecule has 4 nitrogen and oxygen atoms in total. The number of fused-ring (bicyclic) bond motifs is 1. The van der Waals surface area contributed by atoms with Crippen molar-refractivity contribution in [3.05, 3.63) is 53.6 Å². The van der Waals surface area contributed by atoms with Gasteiger partial charge in [0, 0.05) is 36.2 Å². The molecule has 4 heteroatoms. The summed E-state index contributed by atoms with van der Waals surface area (Å²) in [6.45, 7) is 6.92. The molecule has 0 spiro atoms. The number of para-hydroxylation sites is 1. The maximum Gasteiger partial charge on any atom is 0.243 e. The Hall–Kier alpha value is -2.49. The van der Waals surface area contributed by atoms with E-state index in [9.17, 15) is 4.79 Å². The van der Waals surface area contributed by atoms with E-state index < -0.39 is 0 Å². The molecule has 1 amide bonds. The van der Waals surface area contributed by atoms with Gasteiger partial charge in [-0.15, -0.1) is 0 Å². The van der Waals surface area contributed by atoms with Crippen LogP contribution in [0.3, 0.4) is 0 Å². The van der Waals surface area contributed by atoms with Gasteiger partial charge in [-0.3, -0.25) is 4.79 Å². The van der Waals surface area contributed by atoms with Crippen LogP contribution in [0.1, 0.15) is 30.9 Å². The van der Waals surface area contributed by atoms with Gasteiger partial charge in [0.1, 0.15) is 0 Å². The number of carbonyl (C=O) groups is 1. The third kappa shape index (κ3) is 3.28. The fourth-order valence-electron chi connectivity index (χ4n) is 4.18. The van der Waals surface area contributed by atoms with Gasteiger partial charge in [0.25, 0.3) is 0 Å². The molecule has 1 fully saturated rings. The zero-order valence-electron chi connectivity index (χ0n) is 15.7. The van der Waals surface area contributed by atoms with Crippen LogP contribution >= 0.6 is 0 Å². The molecule has 2 aliphatic heterocycles. The molecule has 1 N–H and O–H groups in total. The summed E-state index contributed by atoms with van der Waals surface area (Å²) in [7, 11) is 0. The molecule has 4 rings (SSSR count). The molecule has 0 aromatic heterocycles. The first-order valence-corrected chi connectivity index (χ1v) is 9.62.